The molecule has 0 radical (unpaired) electrons. The van der Waals surface area contributed by atoms with E-state index in [9.17, 15) is 4.79 Å². The third kappa shape index (κ3) is 4.43. The number of likely N-dealkylation sites (N-methyl/N-ethyl adjacent to an activating group) is 1. The molecular weight excluding hydrogens is 362 g/mol. The fourth-order valence-electron chi connectivity index (χ4n) is 3.96. The lowest BCUT2D eigenvalue weighted by molar-refractivity contribution is -0.121. The normalized spacial score (nSPS) is 15.0. The van der Waals surface area contributed by atoms with E-state index in [2.05, 4.69) is 61.9 Å². The number of aromatic nitrogens is 2. The molecule has 152 valence electrons. The van der Waals surface area contributed by atoms with E-state index >= 15 is 0 Å². The minimum Gasteiger partial charge on any atom is -0.354 e. The molecule has 0 aliphatic carbocycles. The van der Waals surface area contributed by atoms with Gasteiger partial charge in [-0.15, -0.1) is 0 Å². The first-order valence-electron chi connectivity index (χ1n) is 10.4. The number of benzene rings is 1. The Bertz CT molecular complexity index is 971. The molecule has 0 atom stereocenters. The highest BCUT2D eigenvalue weighted by Crippen LogP contribution is 2.19. The van der Waals surface area contributed by atoms with Gasteiger partial charge in [-0.25, -0.2) is 4.98 Å². The summed E-state index contributed by atoms with van der Waals surface area (Å²) in [6.07, 6.45) is 1.87. The molecule has 0 spiro atoms. The van der Waals surface area contributed by atoms with Gasteiger partial charge in [-0.1, -0.05) is 31.2 Å². The number of fused-ring (bicyclic) bond motifs is 1. The number of nitrogens with one attached hydrogen (secondary N) is 1. The third-order valence-electron chi connectivity index (χ3n) is 5.76. The summed E-state index contributed by atoms with van der Waals surface area (Å²) in [5.74, 6) is 1.03. The van der Waals surface area contributed by atoms with Crippen LogP contribution in [0.25, 0.3) is 10.9 Å². The lowest BCUT2D eigenvalue weighted by Gasteiger charge is -2.34. The number of hydrogen-bond acceptors (Lipinski definition) is 4. The van der Waals surface area contributed by atoms with Gasteiger partial charge in [-0.05, 0) is 42.6 Å². The first kappa shape index (κ1) is 19.5. The fraction of sp³-hybridized carbons (Fsp3) is 0.391. The van der Waals surface area contributed by atoms with Crippen LogP contribution in [0, 0.1) is 6.92 Å². The zero-order valence-corrected chi connectivity index (χ0v) is 17.3. The Morgan fingerprint density at radius 2 is 1.90 bits per heavy atom. The van der Waals surface area contributed by atoms with E-state index in [0.717, 1.165) is 60.7 Å². The van der Waals surface area contributed by atoms with E-state index in [1.54, 1.807) is 0 Å². The predicted octanol–water partition coefficient (Wildman–Crippen LogP) is 2.80. The standard InChI is InChI=1S/C23H29N5O/c1-3-26-10-12-27(13-11-26)22-9-8-19(15-24-22)16-25-23(29)17-28-18(2)14-20-6-4-5-7-21(20)28/h4-9,14-15H,3,10-13,16-17H2,1-2H3,(H,25,29). The lowest BCUT2D eigenvalue weighted by Crippen LogP contribution is -2.46. The molecule has 1 fully saturated rings. The molecule has 6 heteroatoms. The first-order valence-corrected chi connectivity index (χ1v) is 10.4. The molecule has 1 aromatic carbocycles. The van der Waals surface area contributed by atoms with E-state index in [-0.39, 0.29) is 5.91 Å². The maximum Gasteiger partial charge on any atom is 0.240 e. The van der Waals surface area contributed by atoms with Gasteiger partial charge in [0, 0.05) is 50.1 Å². The van der Waals surface area contributed by atoms with E-state index < -0.39 is 0 Å². The molecule has 2 aromatic heterocycles. The SMILES string of the molecule is CCN1CCN(c2ccc(CNC(=O)Cn3c(C)cc4ccccc43)cn2)CC1. The van der Waals surface area contributed by atoms with Gasteiger partial charge >= 0.3 is 0 Å². The van der Waals surface area contributed by atoms with Crippen LogP contribution < -0.4 is 10.2 Å². The molecule has 1 aliphatic heterocycles. The average Bonchev–Trinajstić information content (AvgIpc) is 3.08. The summed E-state index contributed by atoms with van der Waals surface area (Å²) in [6, 6.07) is 14.4. The Morgan fingerprint density at radius 3 is 2.62 bits per heavy atom. The number of anilines is 1. The monoisotopic (exact) mass is 391 g/mol. The second-order valence-electron chi connectivity index (χ2n) is 7.65. The number of rotatable bonds is 6. The van der Waals surface area contributed by atoms with E-state index in [1.807, 2.05) is 25.3 Å². The molecule has 3 heterocycles. The second-order valence-corrected chi connectivity index (χ2v) is 7.65. The van der Waals surface area contributed by atoms with Crippen LogP contribution in [0.3, 0.4) is 0 Å². The zero-order chi connectivity index (χ0) is 20.2. The van der Waals surface area contributed by atoms with Crippen molar-refractivity contribution in [3.63, 3.8) is 0 Å². The number of amides is 1. The third-order valence-corrected chi connectivity index (χ3v) is 5.76. The number of pyridine rings is 1. The molecule has 0 unspecified atom stereocenters. The number of carbonyl (C=O) groups is 1. The molecule has 1 saturated heterocycles. The van der Waals surface area contributed by atoms with Crippen molar-refractivity contribution in [2.75, 3.05) is 37.6 Å². The molecule has 0 saturated carbocycles. The molecule has 1 amide bonds. The van der Waals surface area contributed by atoms with Crippen molar-refractivity contribution < 1.29 is 4.79 Å². The maximum absolute atomic E-state index is 12.5. The molecular formula is C23H29N5O. The molecule has 1 aliphatic rings. The van der Waals surface area contributed by atoms with Crippen LogP contribution in [-0.4, -0.2) is 53.1 Å². The summed E-state index contributed by atoms with van der Waals surface area (Å²) in [7, 11) is 0. The van der Waals surface area contributed by atoms with Crippen molar-refractivity contribution in [3.8, 4) is 0 Å². The van der Waals surface area contributed by atoms with Crippen LogP contribution in [0.5, 0.6) is 0 Å². The Labute approximate surface area is 172 Å². The van der Waals surface area contributed by atoms with Gasteiger partial charge in [0.15, 0.2) is 0 Å². The first-order chi connectivity index (χ1) is 14.1. The van der Waals surface area contributed by atoms with Gasteiger partial charge in [0.2, 0.25) is 5.91 Å². The Balaban J connectivity index is 1.32. The summed E-state index contributed by atoms with van der Waals surface area (Å²) in [5, 5.41) is 4.19. The summed E-state index contributed by atoms with van der Waals surface area (Å²) in [5.41, 5.74) is 3.20. The molecule has 4 rings (SSSR count). The summed E-state index contributed by atoms with van der Waals surface area (Å²) < 4.78 is 2.06. The van der Waals surface area contributed by atoms with Crippen LogP contribution >= 0.6 is 0 Å². The van der Waals surface area contributed by atoms with Gasteiger partial charge < -0.3 is 19.7 Å². The van der Waals surface area contributed by atoms with Crippen molar-refractivity contribution in [2.24, 2.45) is 0 Å². The van der Waals surface area contributed by atoms with E-state index in [0.29, 0.717) is 13.1 Å². The molecule has 6 nitrogen and oxygen atoms in total. The highest BCUT2D eigenvalue weighted by Gasteiger charge is 2.16. The fourth-order valence-corrected chi connectivity index (χ4v) is 3.96. The van der Waals surface area contributed by atoms with Crippen molar-refractivity contribution in [3.05, 3.63) is 59.9 Å². The van der Waals surface area contributed by atoms with Crippen LogP contribution in [0.2, 0.25) is 0 Å². The van der Waals surface area contributed by atoms with Crippen molar-refractivity contribution in [2.45, 2.75) is 26.9 Å². The van der Waals surface area contributed by atoms with Crippen LogP contribution in [0.1, 0.15) is 18.2 Å². The highest BCUT2D eigenvalue weighted by molar-refractivity contribution is 5.84. The minimum absolute atomic E-state index is 0.00853. The number of carbonyl (C=O) groups excluding carboxylic acids is 1. The maximum atomic E-state index is 12.5. The molecule has 29 heavy (non-hydrogen) atoms. The van der Waals surface area contributed by atoms with Gasteiger partial charge in [0.25, 0.3) is 0 Å². The van der Waals surface area contributed by atoms with Crippen molar-refractivity contribution in [1.82, 2.24) is 19.8 Å². The van der Waals surface area contributed by atoms with Gasteiger partial charge in [0.1, 0.15) is 12.4 Å². The van der Waals surface area contributed by atoms with Crippen molar-refractivity contribution in [1.29, 1.82) is 0 Å². The Kier molecular flexibility index (Phi) is 5.81. The summed E-state index contributed by atoms with van der Waals surface area (Å²) in [4.78, 5) is 21.9. The molecule has 1 N–H and O–H groups in total. The minimum atomic E-state index is 0.00853. The number of para-hydroxylation sites is 1. The summed E-state index contributed by atoms with van der Waals surface area (Å²) in [6.45, 7) is 10.4. The second kappa shape index (κ2) is 8.66. The number of aryl methyl sites for hydroxylation is 1. The summed E-state index contributed by atoms with van der Waals surface area (Å²) >= 11 is 0. The average molecular weight is 392 g/mol. The topological polar surface area (TPSA) is 53.4 Å². The smallest absolute Gasteiger partial charge is 0.240 e. The van der Waals surface area contributed by atoms with E-state index in [1.165, 1.54) is 0 Å². The highest BCUT2D eigenvalue weighted by atomic mass is 16.1. The quantitative estimate of drug-likeness (QED) is 0.702. The molecule has 3 aromatic rings. The van der Waals surface area contributed by atoms with Gasteiger partial charge in [-0.3, -0.25) is 4.79 Å². The van der Waals surface area contributed by atoms with Crippen LogP contribution in [-0.2, 0) is 17.9 Å². The van der Waals surface area contributed by atoms with Crippen molar-refractivity contribution >= 4 is 22.6 Å². The predicted molar refractivity (Wildman–Crippen MR) is 117 cm³/mol. The zero-order valence-electron chi connectivity index (χ0n) is 17.3. The molecule has 0 bridgehead atoms. The lowest BCUT2D eigenvalue weighted by atomic mass is 10.2. The largest absolute Gasteiger partial charge is 0.354 e. The van der Waals surface area contributed by atoms with Crippen LogP contribution in [0.15, 0.2) is 48.7 Å². The van der Waals surface area contributed by atoms with E-state index in [4.69, 9.17) is 0 Å². The van der Waals surface area contributed by atoms with Gasteiger partial charge in [0.05, 0.1) is 0 Å². The Morgan fingerprint density at radius 1 is 1.10 bits per heavy atom. The Hall–Kier alpha value is -2.86. The number of hydrogen-bond donors (Lipinski definition) is 1. The number of nitrogens with zero attached hydrogens (tertiary/aromatic N) is 4. The number of piperazine rings is 1. The van der Waals surface area contributed by atoms with Crippen LogP contribution in [0.4, 0.5) is 5.82 Å². The van der Waals surface area contributed by atoms with Gasteiger partial charge in [-0.2, -0.15) is 0 Å².